The summed E-state index contributed by atoms with van der Waals surface area (Å²) in [5.74, 6) is -1.58. The lowest BCUT2D eigenvalue weighted by Crippen LogP contribution is -2.63. The van der Waals surface area contributed by atoms with Gasteiger partial charge in [0.2, 0.25) is 5.91 Å². The summed E-state index contributed by atoms with van der Waals surface area (Å²) < 4.78 is 59.7. The zero-order valence-electron chi connectivity index (χ0n) is 19.3. The Hall–Kier alpha value is -3.38. The zero-order chi connectivity index (χ0) is 25.5. The van der Waals surface area contributed by atoms with Crippen LogP contribution in [-0.2, 0) is 29.0 Å². The Balaban J connectivity index is 1.06. The molecule has 2 amide bonds. The summed E-state index contributed by atoms with van der Waals surface area (Å²) >= 11 is 0. The van der Waals surface area contributed by atoms with Crippen molar-refractivity contribution in [2.45, 2.75) is 45.1 Å². The summed E-state index contributed by atoms with van der Waals surface area (Å²) in [6, 6.07) is 2.65. The summed E-state index contributed by atoms with van der Waals surface area (Å²) in [4.78, 5) is 28.8. The van der Waals surface area contributed by atoms with Gasteiger partial charge in [0.15, 0.2) is 0 Å². The number of rotatable bonds is 4. The molecule has 0 saturated carbocycles. The van der Waals surface area contributed by atoms with Gasteiger partial charge >= 0.3 is 12.5 Å². The first-order valence-corrected chi connectivity index (χ1v) is 11.7. The molecule has 2 aromatic rings. The van der Waals surface area contributed by atoms with Crippen LogP contribution in [0.4, 0.5) is 22.4 Å². The van der Waals surface area contributed by atoms with Crippen molar-refractivity contribution in [3.63, 3.8) is 0 Å². The van der Waals surface area contributed by atoms with Crippen LogP contribution >= 0.6 is 0 Å². The van der Waals surface area contributed by atoms with Crippen LogP contribution < -0.4 is 4.74 Å². The van der Waals surface area contributed by atoms with Gasteiger partial charge in [-0.15, -0.1) is 18.3 Å². The predicted molar refractivity (Wildman–Crippen MR) is 115 cm³/mol. The number of halogens is 4. The highest BCUT2D eigenvalue weighted by Crippen LogP contribution is 2.42. The van der Waals surface area contributed by atoms with Crippen molar-refractivity contribution in [1.29, 1.82) is 0 Å². The van der Waals surface area contributed by atoms with E-state index in [2.05, 4.69) is 20.1 Å². The van der Waals surface area contributed by atoms with E-state index < -0.39 is 30.6 Å². The van der Waals surface area contributed by atoms with Crippen molar-refractivity contribution < 1.29 is 36.6 Å². The number of piperidine rings is 1. The Kier molecular flexibility index (Phi) is 6.25. The molecule has 3 aliphatic rings. The molecule has 1 atom stereocenters. The summed E-state index contributed by atoms with van der Waals surface area (Å²) in [6.07, 6.45) is -1.94. The largest absolute Gasteiger partial charge is 0.573 e. The molecule has 2 saturated heterocycles. The van der Waals surface area contributed by atoms with Gasteiger partial charge in [-0.3, -0.25) is 9.89 Å². The number of fused-ring (bicyclic) bond motifs is 1. The highest BCUT2D eigenvalue weighted by atomic mass is 19.4. The Morgan fingerprint density at radius 3 is 2.61 bits per heavy atom. The zero-order valence-corrected chi connectivity index (χ0v) is 19.3. The molecule has 1 aliphatic carbocycles. The lowest BCUT2D eigenvalue weighted by atomic mass is 9.71. The molecule has 13 heteroatoms. The minimum absolute atomic E-state index is 0.0133. The van der Waals surface area contributed by atoms with Crippen molar-refractivity contribution >= 4 is 12.0 Å². The number of nitrogens with zero attached hydrogens (tertiary/aromatic N) is 4. The van der Waals surface area contributed by atoms with Crippen LogP contribution in [-0.4, -0.2) is 69.8 Å². The summed E-state index contributed by atoms with van der Waals surface area (Å²) in [7, 11) is 0. The van der Waals surface area contributed by atoms with Crippen molar-refractivity contribution in [2.24, 2.45) is 11.3 Å². The van der Waals surface area contributed by atoms with Gasteiger partial charge < -0.3 is 19.3 Å². The van der Waals surface area contributed by atoms with Gasteiger partial charge in [0.05, 0.1) is 11.4 Å². The fraction of sp³-hybridized carbons (Fsp3) is 0.565. The lowest BCUT2D eigenvalue weighted by molar-refractivity contribution is -0.274. The number of carbonyl (C=O) groups is 2. The standard InChI is InChI=1S/C23H25F4N5O4/c24-17-10-16(36-23(25,26)27)3-1-15(17)11-35-21(34)31-7-5-22(6-8-31)12-32(13-22)20(33)14-2-4-18-19(9-14)29-30-28-18/h1,3,10,14H,2,4-9,11-13H2,(H,28,29,30). The molecule has 1 aromatic carbocycles. The summed E-state index contributed by atoms with van der Waals surface area (Å²) in [5.41, 5.74) is 1.81. The third-order valence-electron chi connectivity index (χ3n) is 7.29. The van der Waals surface area contributed by atoms with Gasteiger partial charge in [0.1, 0.15) is 18.2 Å². The lowest BCUT2D eigenvalue weighted by Gasteiger charge is -2.54. The van der Waals surface area contributed by atoms with E-state index in [9.17, 15) is 27.2 Å². The number of ether oxygens (including phenoxy) is 2. The maximum atomic E-state index is 14.1. The summed E-state index contributed by atoms with van der Waals surface area (Å²) in [5, 5.41) is 10.8. The molecule has 194 valence electrons. The number of amides is 2. The van der Waals surface area contributed by atoms with E-state index in [-0.39, 0.29) is 22.8 Å². The van der Waals surface area contributed by atoms with Crippen molar-refractivity contribution in [1.82, 2.24) is 25.2 Å². The second-order valence-corrected chi connectivity index (χ2v) is 9.71. The number of aromatic nitrogens is 3. The fourth-order valence-electron chi connectivity index (χ4n) is 5.23. The third kappa shape index (κ3) is 5.09. The van der Waals surface area contributed by atoms with Gasteiger partial charge in [-0.05, 0) is 37.8 Å². The monoisotopic (exact) mass is 511 g/mol. The first-order chi connectivity index (χ1) is 17.1. The van der Waals surface area contributed by atoms with E-state index in [0.29, 0.717) is 38.7 Å². The quantitative estimate of drug-likeness (QED) is 0.633. The molecular formula is C23H25F4N5O4. The van der Waals surface area contributed by atoms with E-state index >= 15 is 0 Å². The number of alkyl halides is 3. The Morgan fingerprint density at radius 2 is 1.92 bits per heavy atom. The Labute approximate surface area is 203 Å². The maximum Gasteiger partial charge on any atom is 0.573 e. The molecule has 1 spiro atoms. The van der Waals surface area contributed by atoms with Crippen LogP contribution in [0.2, 0.25) is 0 Å². The molecule has 5 rings (SSSR count). The van der Waals surface area contributed by atoms with Gasteiger partial charge in [0, 0.05) is 55.6 Å². The van der Waals surface area contributed by atoms with Crippen LogP contribution in [0.5, 0.6) is 5.75 Å². The van der Waals surface area contributed by atoms with E-state index in [1.807, 2.05) is 4.90 Å². The SMILES string of the molecule is O=C(OCc1ccc(OC(F)(F)F)cc1F)N1CCC2(CC1)CN(C(=O)C1CCc3[nH]nnc3C1)C2. The molecule has 0 bridgehead atoms. The van der Waals surface area contributed by atoms with Crippen LogP contribution in [0.1, 0.15) is 36.2 Å². The second kappa shape index (κ2) is 9.25. The van der Waals surface area contributed by atoms with Crippen molar-refractivity contribution in [3.05, 3.63) is 41.0 Å². The molecule has 2 aliphatic heterocycles. The first kappa shape index (κ1) is 24.3. The van der Waals surface area contributed by atoms with Crippen LogP contribution in [0.25, 0.3) is 0 Å². The topological polar surface area (TPSA) is 101 Å². The number of aromatic amines is 1. The van der Waals surface area contributed by atoms with Crippen LogP contribution in [0, 0.1) is 17.2 Å². The molecule has 1 N–H and O–H groups in total. The number of carbonyl (C=O) groups excluding carboxylic acids is 2. The van der Waals surface area contributed by atoms with E-state index in [1.54, 1.807) is 0 Å². The minimum atomic E-state index is -4.92. The van der Waals surface area contributed by atoms with E-state index in [1.165, 1.54) is 4.90 Å². The number of H-pyrrole nitrogens is 1. The van der Waals surface area contributed by atoms with Crippen LogP contribution in [0.3, 0.4) is 0 Å². The van der Waals surface area contributed by atoms with Gasteiger partial charge in [-0.2, -0.15) is 0 Å². The number of hydrogen-bond acceptors (Lipinski definition) is 6. The minimum Gasteiger partial charge on any atom is -0.444 e. The van der Waals surface area contributed by atoms with Gasteiger partial charge in [0.25, 0.3) is 0 Å². The average Bonchev–Trinajstić information content (AvgIpc) is 3.28. The first-order valence-electron chi connectivity index (χ1n) is 11.7. The Bertz CT molecular complexity index is 1140. The number of benzene rings is 1. The second-order valence-electron chi connectivity index (χ2n) is 9.71. The molecule has 9 nitrogen and oxygen atoms in total. The predicted octanol–water partition coefficient (Wildman–Crippen LogP) is 3.21. The summed E-state index contributed by atoms with van der Waals surface area (Å²) in [6.45, 7) is 1.82. The fourth-order valence-corrected chi connectivity index (χ4v) is 5.23. The smallest absolute Gasteiger partial charge is 0.444 e. The van der Waals surface area contributed by atoms with Crippen molar-refractivity contribution in [2.75, 3.05) is 26.2 Å². The maximum absolute atomic E-state index is 14.1. The highest BCUT2D eigenvalue weighted by molar-refractivity contribution is 5.80. The Morgan fingerprint density at radius 1 is 1.17 bits per heavy atom. The number of nitrogens with one attached hydrogen (secondary N) is 1. The van der Waals surface area contributed by atoms with E-state index in [4.69, 9.17) is 4.74 Å². The molecule has 1 aromatic heterocycles. The normalized spacial score (nSPS) is 21.1. The molecule has 3 heterocycles. The van der Waals surface area contributed by atoms with Crippen LogP contribution in [0.15, 0.2) is 18.2 Å². The molecule has 0 radical (unpaired) electrons. The third-order valence-corrected chi connectivity index (χ3v) is 7.29. The van der Waals surface area contributed by atoms with Crippen molar-refractivity contribution in [3.8, 4) is 5.75 Å². The molecule has 36 heavy (non-hydrogen) atoms. The highest BCUT2D eigenvalue weighted by Gasteiger charge is 2.48. The molecule has 2 fully saturated rings. The number of aryl methyl sites for hydroxylation is 1. The van der Waals surface area contributed by atoms with Gasteiger partial charge in [-0.25, -0.2) is 9.18 Å². The number of likely N-dealkylation sites (tertiary alicyclic amines) is 2. The molecule has 1 unspecified atom stereocenters. The van der Waals surface area contributed by atoms with Gasteiger partial charge in [-0.1, -0.05) is 5.21 Å². The van der Waals surface area contributed by atoms with E-state index in [0.717, 1.165) is 49.2 Å². The number of hydrogen-bond donors (Lipinski definition) is 1. The molecular weight excluding hydrogens is 486 g/mol. The average molecular weight is 511 g/mol.